The van der Waals surface area contributed by atoms with Gasteiger partial charge >= 0.3 is 11.8 Å². The predicted molar refractivity (Wildman–Crippen MR) is 118 cm³/mol. The smallest absolute Gasteiger partial charge is 0.329 e. The minimum absolute atomic E-state index is 0.0525. The number of rotatable bonds is 4. The molecule has 1 aromatic heterocycles. The Morgan fingerprint density at radius 3 is 2.45 bits per heavy atom. The summed E-state index contributed by atoms with van der Waals surface area (Å²) in [5, 5.41) is 18.2. The van der Waals surface area contributed by atoms with Crippen LogP contribution in [0.3, 0.4) is 0 Å². The summed E-state index contributed by atoms with van der Waals surface area (Å²) in [6.45, 7) is 3.88. The molecule has 0 radical (unpaired) electrons. The largest absolute Gasteiger partial charge is 0.494 e. The molecule has 1 heterocycles. The summed E-state index contributed by atoms with van der Waals surface area (Å²) >= 11 is 0. The van der Waals surface area contributed by atoms with Crippen LogP contribution in [0.25, 0.3) is 16.5 Å². The van der Waals surface area contributed by atoms with Crippen LogP contribution in [0.2, 0.25) is 0 Å². The lowest BCUT2D eigenvalue weighted by atomic mass is 10.1. The van der Waals surface area contributed by atoms with E-state index in [-0.39, 0.29) is 23.0 Å². The fourth-order valence-corrected chi connectivity index (χ4v) is 3.28. The normalized spacial score (nSPS) is 13.5. The minimum Gasteiger partial charge on any atom is -0.494 e. The standard InChI is InChI=1S/C23H22N4O4/c1-13-7-10-16(11-14(13)2)27-22(30)18-6-4-3-5-17(18)19(23(27)31)12-24-26-21(29)20(28)25-15-8-9-15/h3-7,10-12,15,31H,8-9H2,1-2H3,(H,25,28)(H,26,29)/b24-12+. The lowest BCUT2D eigenvalue weighted by Crippen LogP contribution is -2.38. The van der Waals surface area contributed by atoms with Crippen LogP contribution in [0.1, 0.15) is 29.5 Å². The Bertz CT molecular complexity index is 1290. The second-order valence-electron chi connectivity index (χ2n) is 7.64. The van der Waals surface area contributed by atoms with Crippen LogP contribution < -0.4 is 16.3 Å². The number of carbonyl (C=O) groups is 2. The first-order valence-electron chi connectivity index (χ1n) is 9.95. The summed E-state index contributed by atoms with van der Waals surface area (Å²) in [5.74, 6) is -1.96. The van der Waals surface area contributed by atoms with Crippen molar-refractivity contribution in [3.63, 3.8) is 0 Å². The summed E-state index contributed by atoms with van der Waals surface area (Å²) in [5.41, 5.74) is 4.59. The number of aryl methyl sites for hydroxylation is 2. The van der Waals surface area contributed by atoms with Crippen molar-refractivity contribution >= 4 is 28.8 Å². The van der Waals surface area contributed by atoms with Gasteiger partial charge in [-0.05, 0) is 56.0 Å². The molecule has 2 amide bonds. The first-order valence-corrected chi connectivity index (χ1v) is 9.95. The zero-order valence-corrected chi connectivity index (χ0v) is 17.2. The Hall–Kier alpha value is -3.94. The second kappa shape index (κ2) is 8.06. The number of hydrogen-bond acceptors (Lipinski definition) is 5. The van der Waals surface area contributed by atoms with Crippen molar-refractivity contribution in [2.45, 2.75) is 32.7 Å². The fourth-order valence-electron chi connectivity index (χ4n) is 3.28. The van der Waals surface area contributed by atoms with E-state index < -0.39 is 11.8 Å². The minimum atomic E-state index is -0.894. The third kappa shape index (κ3) is 4.05. The molecule has 2 aromatic carbocycles. The molecular formula is C23H22N4O4. The Balaban J connectivity index is 1.75. The maximum Gasteiger partial charge on any atom is 0.329 e. The molecule has 1 aliphatic carbocycles. The number of pyridine rings is 1. The summed E-state index contributed by atoms with van der Waals surface area (Å²) in [7, 11) is 0. The average molecular weight is 418 g/mol. The summed E-state index contributed by atoms with van der Waals surface area (Å²) in [6, 6.07) is 12.3. The monoisotopic (exact) mass is 418 g/mol. The van der Waals surface area contributed by atoms with E-state index in [0.29, 0.717) is 16.5 Å². The molecule has 0 atom stereocenters. The van der Waals surface area contributed by atoms with E-state index in [9.17, 15) is 19.5 Å². The molecule has 0 unspecified atom stereocenters. The van der Waals surface area contributed by atoms with Crippen LogP contribution in [-0.4, -0.2) is 33.7 Å². The van der Waals surface area contributed by atoms with Gasteiger partial charge in [-0.1, -0.05) is 24.3 Å². The zero-order chi connectivity index (χ0) is 22.1. The number of nitrogens with one attached hydrogen (secondary N) is 2. The van der Waals surface area contributed by atoms with Gasteiger partial charge in [0.05, 0.1) is 17.5 Å². The van der Waals surface area contributed by atoms with Gasteiger partial charge < -0.3 is 10.4 Å². The van der Waals surface area contributed by atoms with E-state index in [2.05, 4.69) is 15.8 Å². The number of amides is 2. The Morgan fingerprint density at radius 2 is 1.77 bits per heavy atom. The molecule has 0 bridgehead atoms. The molecular weight excluding hydrogens is 396 g/mol. The molecule has 3 N–H and O–H groups in total. The van der Waals surface area contributed by atoms with Gasteiger partial charge in [-0.25, -0.2) is 9.99 Å². The number of fused-ring (bicyclic) bond motifs is 1. The maximum absolute atomic E-state index is 13.1. The number of aromatic nitrogens is 1. The number of hydrogen-bond donors (Lipinski definition) is 3. The van der Waals surface area contributed by atoms with E-state index in [1.54, 1.807) is 30.3 Å². The summed E-state index contributed by atoms with van der Waals surface area (Å²) < 4.78 is 1.21. The first kappa shape index (κ1) is 20.3. The molecule has 1 fully saturated rings. The third-order valence-electron chi connectivity index (χ3n) is 5.33. The van der Waals surface area contributed by atoms with Crippen molar-refractivity contribution in [3.05, 3.63) is 69.5 Å². The first-order chi connectivity index (χ1) is 14.9. The molecule has 31 heavy (non-hydrogen) atoms. The Morgan fingerprint density at radius 1 is 1.06 bits per heavy atom. The molecule has 0 spiro atoms. The van der Waals surface area contributed by atoms with E-state index in [0.717, 1.165) is 24.0 Å². The topological polar surface area (TPSA) is 113 Å². The highest BCUT2D eigenvalue weighted by Crippen LogP contribution is 2.26. The van der Waals surface area contributed by atoms with Crippen molar-refractivity contribution in [2.24, 2.45) is 5.10 Å². The van der Waals surface area contributed by atoms with E-state index in [1.807, 2.05) is 26.0 Å². The molecule has 0 saturated heterocycles. The van der Waals surface area contributed by atoms with Crippen LogP contribution >= 0.6 is 0 Å². The quantitative estimate of drug-likeness (QED) is 0.342. The van der Waals surface area contributed by atoms with Gasteiger partial charge in [-0.2, -0.15) is 5.10 Å². The number of nitrogens with zero attached hydrogens (tertiary/aromatic N) is 2. The van der Waals surface area contributed by atoms with Gasteiger partial charge in [0.25, 0.3) is 5.56 Å². The van der Waals surface area contributed by atoms with E-state index in [4.69, 9.17) is 0 Å². The third-order valence-corrected chi connectivity index (χ3v) is 5.33. The maximum atomic E-state index is 13.1. The van der Waals surface area contributed by atoms with Gasteiger partial charge in [-0.15, -0.1) is 0 Å². The molecule has 158 valence electrons. The van der Waals surface area contributed by atoms with Crippen molar-refractivity contribution < 1.29 is 14.7 Å². The van der Waals surface area contributed by atoms with Gasteiger partial charge in [-0.3, -0.25) is 14.4 Å². The van der Waals surface area contributed by atoms with Crippen molar-refractivity contribution in [1.82, 2.24) is 15.3 Å². The summed E-state index contributed by atoms with van der Waals surface area (Å²) in [4.78, 5) is 36.8. The van der Waals surface area contributed by atoms with Crippen molar-refractivity contribution in [3.8, 4) is 11.6 Å². The average Bonchev–Trinajstić information content (AvgIpc) is 3.57. The van der Waals surface area contributed by atoms with Crippen molar-refractivity contribution in [1.29, 1.82) is 0 Å². The molecule has 4 rings (SSSR count). The van der Waals surface area contributed by atoms with Gasteiger partial charge in [0.15, 0.2) is 0 Å². The molecule has 1 saturated carbocycles. The Kier molecular flexibility index (Phi) is 5.29. The molecule has 8 heteroatoms. The second-order valence-corrected chi connectivity index (χ2v) is 7.64. The van der Waals surface area contributed by atoms with Gasteiger partial charge in [0.1, 0.15) is 0 Å². The molecule has 3 aromatic rings. The number of benzene rings is 2. The highest BCUT2D eigenvalue weighted by Gasteiger charge is 2.26. The number of hydrazone groups is 1. The molecule has 1 aliphatic rings. The zero-order valence-electron chi connectivity index (χ0n) is 17.2. The highest BCUT2D eigenvalue weighted by molar-refractivity contribution is 6.35. The predicted octanol–water partition coefficient (Wildman–Crippen LogP) is 2.04. The van der Waals surface area contributed by atoms with Gasteiger partial charge in [0, 0.05) is 16.8 Å². The Labute approximate surface area is 178 Å². The van der Waals surface area contributed by atoms with E-state index >= 15 is 0 Å². The summed E-state index contributed by atoms with van der Waals surface area (Å²) in [6.07, 6.45) is 2.96. The van der Waals surface area contributed by atoms with Crippen LogP contribution in [0, 0.1) is 13.8 Å². The van der Waals surface area contributed by atoms with Crippen LogP contribution in [0.15, 0.2) is 52.4 Å². The molecule has 8 nitrogen and oxygen atoms in total. The van der Waals surface area contributed by atoms with Gasteiger partial charge in [0.2, 0.25) is 5.88 Å². The fraction of sp³-hybridized carbons (Fsp3) is 0.217. The highest BCUT2D eigenvalue weighted by atomic mass is 16.3. The lowest BCUT2D eigenvalue weighted by Gasteiger charge is -2.14. The number of aromatic hydroxyl groups is 1. The number of carbonyl (C=O) groups excluding carboxylic acids is 2. The molecule has 0 aliphatic heterocycles. The lowest BCUT2D eigenvalue weighted by molar-refractivity contribution is -0.139. The van der Waals surface area contributed by atoms with Crippen LogP contribution in [-0.2, 0) is 9.59 Å². The SMILES string of the molecule is Cc1ccc(-n2c(O)c(/C=N/NC(=O)C(=O)NC3CC3)c3ccccc3c2=O)cc1C. The van der Waals surface area contributed by atoms with E-state index in [1.165, 1.54) is 10.8 Å². The van der Waals surface area contributed by atoms with Crippen molar-refractivity contribution in [2.75, 3.05) is 0 Å². The van der Waals surface area contributed by atoms with Crippen LogP contribution in [0.4, 0.5) is 0 Å². The van der Waals surface area contributed by atoms with Crippen LogP contribution in [0.5, 0.6) is 5.88 Å².